The highest BCUT2D eigenvalue weighted by molar-refractivity contribution is 7.15. The Kier molecular flexibility index (Phi) is 5.62. The molecular weight excluding hydrogens is 481 g/mol. The van der Waals surface area contributed by atoms with Crippen LogP contribution in [-0.2, 0) is 6.42 Å². The Bertz CT molecular complexity index is 1670. The summed E-state index contributed by atoms with van der Waals surface area (Å²) in [5.74, 6) is 0.973. The van der Waals surface area contributed by atoms with Gasteiger partial charge in [-0.2, -0.15) is 14.6 Å². The number of halogens is 2. The summed E-state index contributed by atoms with van der Waals surface area (Å²) in [6.45, 7) is 1.99. The van der Waals surface area contributed by atoms with Gasteiger partial charge in [-0.05, 0) is 42.8 Å². The van der Waals surface area contributed by atoms with Crippen molar-refractivity contribution in [3.8, 4) is 11.3 Å². The third-order valence-corrected chi connectivity index (χ3v) is 6.56. The lowest BCUT2D eigenvalue weighted by Crippen LogP contribution is -2.28. The molecule has 164 valence electrons. The number of thiazole rings is 1. The van der Waals surface area contributed by atoms with Crippen LogP contribution in [-0.4, -0.2) is 14.6 Å². The molecule has 0 aliphatic heterocycles. The van der Waals surface area contributed by atoms with Gasteiger partial charge in [0.05, 0.1) is 5.02 Å². The molecule has 0 atom stereocenters. The first kappa shape index (κ1) is 21.6. The van der Waals surface area contributed by atoms with Gasteiger partial charge in [-0.1, -0.05) is 64.4 Å². The van der Waals surface area contributed by atoms with Gasteiger partial charge in [0.25, 0.3) is 11.1 Å². The first-order chi connectivity index (χ1) is 15.9. The molecule has 0 saturated carbocycles. The van der Waals surface area contributed by atoms with Gasteiger partial charge in [-0.3, -0.25) is 9.59 Å². The number of fused-ring (bicyclic) bond motifs is 1. The fraction of sp³-hybridized carbons (Fsp3) is 0.0833. The number of hydrogen-bond acceptors (Lipinski definition) is 6. The smallest absolute Gasteiger partial charge is 0.296 e. The Morgan fingerprint density at radius 1 is 1.06 bits per heavy atom. The maximum Gasteiger partial charge on any atom is 0.296 e. The van der Waals surface area contributed by atoms with Crippen LogP contribution in [0.4, 0.5) is 0 Å². The summed E-state index contributed by atoms with van der Waals surface area (Å²) in [6.07, 6.45) is 1.89. The minimum absolute atomic E-state index is 0.216. The van der Waals surface area contributed by atoms with Crippen LogP contribution in [0.5, 0.6) is 0 Å². The Hall–Kier alpha value is -3.26. The van der Waals surface area contributed by atoms with Crippen LogP contribution in [0, 0.1) is 6.92 Å². The summed E-state index contributed by atoms with van der Waals surface area (Å²) in [7, 11) is 0. The number of aromatic nitrogens is 3. The molecule has 0 aliphatic rings. The molecule has 0 bridgehead atoms. The monoisotopic (exact) mass is 495 g/mol. The van der Waals surface area contributed by atoms with E-state index in [2.05, 4.69) is 10.1 Å². The molecule has 0 aliphatic carbocycles. The summed E-state index contributed by atoms with van der Waals surface area (Å²) < 4.78 is 7.37. The Morgan fingerprint density at radius 2 is 1.85 bits per heavy atom. The van der Waals surface area contributed by atoms with Crippen molar-refractivity contribution < 1.29 is 4.42 Å². The lowest BCUT2D eigenvalue weighted by atomic mass is 10.1. The van der Waals surface area contributed by atoms with E-state index in [9.17, 15) is 9.59 Å². The minimum Gasteiger partial charge on any atom is -0.457 e. The summed E-state index contributed by atoms with van der Waals surface area (Å²) in [6, 6.07) is 16.3. The largest absolute Gasteiger partial charge is 0.457 e. The molecule has 3 aromatic heterocycles. The van der Waals surface area contributed by atoms with E-state index < -0.39 is 5.56 Å². The van der Waals surface area contributed by atoms with Crippen molar-refractivity contribution in [2.45, 2.75) is 13.3 Å². The van der Waals surface area contributed by atoms with Gasteiger partial charge in [0.2, 0.25) is 4.96 Å². The lowest BCUT2D eigenvalue weighted by molar-refractivity contribution is 0.571. The molecule has 0 amide bonds. The molecule has 0 radical (unpaired) electrons. The van der Waals surface area contributed by atoms with E-state index >= 15 is 0 Å². The number of aryl methyl sites for hydroxylation is 1. The van der Waals surface area contributed by atoms with Crippen molar-refractivity contribution in [1.82, 2.24) is 14.6 Å². The van der Waals surface area contributed by atoms with Crippen molar-refractivity contribution in [3.05, 3.63) is 112 Å². The van der Waals surface area contributed by atoms with E-state index in [0.29, 0.717) is 38.1 Å². The molecule has 0 N–H and O–H groups in total. The molecule has 0 saturated heterocycles. The zero-order valence-electron chi connectivity index (χ0n) is 17.2. The van der Waals surface area contributed by atoms with Crippen LogP contribution < -0.4 is 15.7 Å². The predicted molar refractivity (Wildman–Crippen MR) is 130 cm³/mol. The number of furan rings is 1. The summed E-state index contributed by atoms with van der Waals surface area (Å²) in [5, 5.41) is 5.32. The third kappa shape index (κ3) is 4.35. The second-order valence-corrected chi connectivity index (χ2v) is 9.32. The van der Waals surface area contributed by atoms with Crippen LogP contribution in [0.15, 0.2) is 68.6 Å². The van der Waals surface area contributed by atoms with Gasteiger partial charge in [-0.15, -0.1) is 0 Å². The lowest BCUT2D eigenvalue weighted by Gasteiger charge is -2.01. The molecule has 6 nitrogen and oxygen atoms in total. The Morgan fingerprint density at radius 3 is 2.64 bits per heavy atom. The molecule has 5 aromatic rings. The molecule has 0 unspecified atom stereocenters. The molecule has 5 rings (SSSR count). The average molecular weight is 496 g/mol. The SMILES string of the molecule is Cc1ccc(Cc2nn3c(=O)/c(=C\c4ccc(-c5cc(Cl)ccc5Cl)o4)sc3nc2=O)cc1. The van der Waals surface area contributed by atoms with Crippen LogP contribution >= 0.6 is 34.5 Å². The molecule has 0 spiro atoms. The highest BCUT2D eigenvalue weighted by atomic mass is 35.5. The fourth-order valence-corrected chi connectivity index (χ4v) is 4.61. The van der Waals surface area contributed by atoms with Gasteiger partial charge >= 0.3 is 0 Å². The van der Waals surface area contributed by atoms with Crippen LogP contribution in [0.3, 0.4) is 0 Å². The first-order valence-electron chi connectivity index (χ1n) is 9.93. The quantitative estimate of drug-likeness (QED) is 0.366. The van der Waals surface area contributed by atoms with Crippen LogP contribution in [0.25, 0.3) is 22.4 Å². The van der Waals surface area contributed by atoms with Gasteiger partial charge in [-0.25, -0.2) is 0 Å². The first-order valence-corrected chi connectivity index (χ1v) is 11.5. The number of rotatable bonds is 4. The second-order valence-electron chi connectivity index (χ2n) is 7.46. The minimum atomic E-state index is -0.445. The normalized spacial score (nSPS) is 12.0. The second kappa shape index (κ2) is 8.59. The van der Waals surface area contributed by atoms with E-state index in [1.54, 1.807) is 36.4 Å². The summed E-state index contributed by atoms with van der Waals surface area (Å²) in [4.78, 5) is 29.7. The van der Waals surface area contributed by atoms with Gasteiger partial charge in [0, 0.05) is 23.1 Å². The van der Waals surface area contributed by atoms with Crippen LogP contribution in [0.1, 0.15) is 22.6 Å². The van der Waals surface area contributed by atoms with Gasteiger partial charge in [0.1, 0.15) is 21.7 Å². The van der Waals surface area contributed by atoms with E-state index in [-0.39, 0.29) is 16.2 Å². The van der Waals surface area contributed by atoms with Crippen molar-refractivity contribution in [2.24, 2.45) is 0 Å². The van der Waals surface area contributed by atoms with E-state index in [1.165, 1.54) is 4.52 Å². The van der Waals surface area contributed by atoms with E-state index in [0.717, 1.165) is 22.5 Å². The highest BCUT2D eigenvalue weighted by Gasteiger charge is 2.13. The average Bonchev–Trinajstić information content (AvgIpc) is 3.37. The molecule has 3 heterocycles. The zero-order chi connectivity index (χ0) is 23.1. The van der Waals surface area contributed by atoms with Gasteiger partial charge in [0.15, 0.2) is 0 Å². The number of benzene rings is 2. The molecule has 9 heteroatoms. The maximum atomic E-state index is 12.9. The standard InChI is InChI=1S/C24H15Cl2N3O3S/c1-13-2-4-14(5-3-13)10-19-22(30)27-24-29(28-19)23(31)21(33-24)12-16-7-9-20(32-16)17-11-15(25)6-8-18(17)26/h2-9,11-12H,10H2,1H3/b21-12+. The summed E-state index contributed by atoms with van der Waals surface area (Å²) >= 11 is 13.4. The number of hydrogen-bond donors (Lipinski definition) is 0. The third-order valence-electron chi connectivity index (χ3n) is 5.04. The van der Waals surface area contributed by atoms with Crippen molar-refractivity contribution in [1.29, 1.82) is 0 Å². The Labute approximate surface area is 201 Å². The van der Waals surface area contributed by atoms with Crippen molar-refractivity contribution in [3.63, 3.8) is 0 Å². The topological polar surface area (TPSA) is 77.5 Å². The molecule has 33 heavy (non-hydrogen) atoms. The van der Waals surface area contributed by atoms with Crippen molar-refractivity contribution in [2.75, 3.05) is 0 Å². The molecule has 0 fully saturated rings. The van der Waals surface area contributed by atoms with Crippen LogP contribution in [0.2, 0.25) is 10.0 Å². The summed E-state index contributed by atoms with van der Waals surface area (Å²) in [5.41, 5.74) is 2.09. The van der Waals surface area contributed by atoms with Gasteiger partial charge < -0.3 is 4.42 Å². The predicted octanol–water partition coefficient (Wildman–Crippen LogP) is 4.52. The zero-order valence-corrected chi connectivity index (χ0v) is 19.5. The number of nitrogens with zero attached hydrogens (tertiary/aromatic N) is 3. The molecule has 2 aromatic carbocycles. The molecular formula is C24H15Cl2N3O3S. The van der Waals surface area contributed by atoms with E-state index in [4.69, 9.17) is 27.6 Å². The highest BCUT2D eigenvalue weighted by Crippen LogP contribution is 2.31. The Balaban J connectivity index is 1.53. The maximum absolute atomic E-state index is 12.9. The van der Waals surface area contributed by atoms with E-state index in [1.807, 2.05) is 31.2 Å². The fourth-order valence-electron chi connectivity index (χ4n) is 3.34. The van der Waals surface area contributed by atoms with Crippen molar-refractivity contribution >= 4 is 45.6 Å².